The molecule has 1 saturated carbocycles. The van der Waals surface area contributed by atoms with Crippen LogP contribution < -0.4 is 5.32 Å². The molecule has 1 aromatic rings. The first-order chi connectivity index (χ1) is 10.7. The third-order valence-electron chi connectivity index (χ3n) is 4.09. The first kappa shape index (κ1) is 17.2. The summed E-state index contributed by atoms with van der Waals surface area (Å²) >= 11 is 0. The van der Waals surface area contributed by atoms with E-state index in [-0.39, 0.29) is 11.3 Å². The molecule has 0 aromatic carbocycles. The van der Waals surface area contributed by atoms with Crippen LogP contribution in [-0.2, 0) is 11.0 Å². The zero-order chi connectivity index (χ0) is 17.3. The van der Waals surface area contributed by atoms with E-state index in [1.807, 2.05) is 0 Å². The number of hydrogen-bond acceptors (Lipinski definition) is 3. The predicted molar refractivity (Wildman–Crippen MR) is 74.9 cm³/mol. The zero-order valence-electron chi connectivity index (χ0n) is 12.5. The van der Waals surface area contributed by atoms with Crippen LogP contribution in [0.25, 0.3) is 0 Å². The van der Waals surface area contributed by atoms with Gasteiger partial charge >= 0.3 is 12.1 Å². The minimum absolute atomic E-state index is 0.0517. The quantitative estimate of drug-likeness (QED) is 0.893. The first-order valence-corrected chi connectivity index (χ1v) is 7.26. The summed E-state index contributed by atoms with van der Waals surface area (Å²) in [4.78, 5) is 27.2. The van der Waals surface area contributed by atoms with Gasteiger partial charge in [-0.3, -0.25) is 4.79 Å². The lowest BCUT2D eigenvalue weighted by molar-refractivity contribution is -0.146. The van der Waals surface area contributed by atoms with Crippen LogP contribution in [0.2, 0.25) is 0 Å². The molecule has 2 rings (SSSR count). The number of carbonyl (C=O) groups excluding carboxylic acids is 1. The van der Waals surface area contributed by atoms with Gasteiger partial charge in [0.05, 0.1) is 11.3 Å². The highest BCUT2D eigenvalue weighted by Gasteiger charge is 2.41. The van der Waals surface area contributed by atoms with E-state index in [2.05, 4.69) is 10.3 Å². The van der Waals surface area contributed by atoms with Crippen molar-refractivity contribution in [2.45, 2.75) is 50.7 Å². The number of halogens is 3. The van der Waals surface area contributed by atoms with Crippen LogP contribution in [0.5, 0.6) is 0 Å². The lowest BCUT2D eigenvalue weighted by Crippen LogP contribution is -2.55. The van der Waals surface area contributed by atoms with E-state index in [0.717, 1.165) is 18.6 Å². The fourth-order valence-electron chi connectivity index (χ4n) is 2.79. The first-order valence-electron chi connectivity index (χ1n) is 7.26. The summed E-state index contributed by atoms with van der Waals surface area (Å²) in [5, 5.41) is 11.9. The van der Waals surface area contributed by atoms with E-state index in [0.29, 0.717) is 25.7 Å². The molecular weight excluding hydrogens is 313 g/mol. The van der Waals surface area contributed by atoms with Gasteiger partial charge in [-0.25, -0.2) is 9.78 Å². The van der Waals surface area contributed by atoms with Crippen molar-refractivity contribution in [3.8, 4) is 0 Å². The van der Waals surface area contributed by atoms with Crippen molar-refractivity contribution in [2.24, 2.45) is 0 Å². The number of nitrogens with one attached hydrogen (secondary N) is 1. The Kier molecular flexibility index (Phi) is 4.63. The molecule has 0 saturated heterocycles. The highest BCUT2D eigenvalue weighted by molar-refractivity contribution is 5.98. The Labute approximate surface area is 130 Å². The topological polar surface area (TPSA) is 79.3 Å². The van der Waals surface area contributed by atoms with Gasteiger partial charge in [-0.1, -0.05) is 19.3 Å². The number of alkyl halides is 3. The lowest BCUT2D eigenvalue weighted by atomic mass is 9.81. The third kappa shape index (κ3) is 3.62. The summed E-state index contributed by atoms with van der Waals surface area (Å²) in [5.74, 6) is -1.84. The van der Waals surface area contributed by atoms with E-state index in [1.165, 1.54) is 6.92 Å². The van der Waals surface area contributed by atoms with Gasteiger partial charge in [0.15, 0.2) is 0 Å². The second-order valence-electron chi connectivity index (χ2n) is 5.73. The largest absolute Gasteiger partial charge is 0.480 e. The van der Waals surface area contributed by atoms with Crippen LogP contribution in [0.3, 0.4) is 0 Å². The van der Waals surface area contributed by atoms with E-state index in [4.69, 9.17) is 0 Å². The summed E-state index contributed by atoms with van der Waals surface area (Å²) in [7, 11) is 0. The number of aryl methyl sites for hydroxylation is 1. The van der Waals surface area contributed by atoms with Crippen molar-refractivity contribution in [2.75, 3.05) is 0 Å². The number of amides is 1. The van der Waals surface area contributed by atoms with Crippen LogP contribution in [0.4, 0.5) is 13.2 Å². The molecule has 126 valence electrons. The van der Waals surface area contributed by atoms with E-state index < -0.39 is 29.3 Å². The number of nitrogens with zero attached hydrogens (tertiary/aromatic N) is 1. The normalized spacial score (nSPS) is 17.6. The van der Waals surface area contributed by atoms with Crippen molar-refractivity contribution < 1.29 is 27.9 Å². The summed E-state index contributed by atoms with van der Waals surface area (Å²) in [5.41, 5.74) is -2.58. The Morgan fingerprint density at radius 3 is 2.30 bits per heavy atom. The number of carboxylic acid groups (broad SMARTS) is 1. The molecule has 1 aliphatic carbocycles. The minimum atomic E-state index is -4.59. The number of rotatable bonds is 3. The van der Waals surface area contributed by atoms with Crippen molar-refractivity contribution >= 4 is 11.9 Å². The molecule has 0 spiro atoms. The summed E-state index contributed by atoms with van der Waals surface area (Å²) in [6.45, 7) is 1.29. The van der Waals surface area contributed by atoms with Gasteiger partial charge < -0.3 is 10.4 Å². The highest BCUT2D eigenvalue weighted by Crippen LogP contribution is 2.30. The summed E-state index contributed by atoms with van der Waals surface area (Å²) < 4.78 is 37.8. The molecule has 0 unspecified atom stereocenters. The number of hydrogen-bond donors (Lipinski definition) is 2. The van der Waals surface area contributed by atoms with Crippen molar-refractivity contribution in [1.82, 2.24) is 10.3 Å². The maximum absolute atomic E-state index is 12.6. The van der Waals surface area contributed by atoms with Crippen molar-refractivity contribution in [1.29, 1.82) is 0 Å². The van der Waals surface area contributed by atoms with Crippen LogP contribution in [-0.4, -0.2) is 27.5 Å². The van der Waals surface area contributed by atoms with Crippen LogP contribution in [0, 0.1) is 6.92 Å². The third-order valence-corrected chi connectivity index (χ3v) is 4.09. The number of aromatic nitrogens is 1. The molecule has 5 nitrogen and oxygen atoms in total. The SMILES string of the molecule is Cc1nc(C(F)(F)F)ccc1C(=O)NC1(C(=O)O)CCCCC1. The highest BCUT2D eigenvalue weighted by atomic mass is 19.4. The van der Waals surface area contributed by atoms with Gasteiger partial charge in [0.2, 0.25) is 0 Å². The molecule has 2 N–H and O–H groups in total. The molecule has 1 heterocycles. The monoisotopic (exact) mass is 330 g/mol. The van der Waals surface area contributed by atoms with Crippen LogP contribution in [0.15, 0.2) is 12.1 Å². The van der Waals surface area contributed by atoms with Crippen LogP contribution >= 0.6 is 0 Å². The fourth-order valence-corrected chi connectivity index (χ4v) is 2.79. The molecule has 1 fully saturated rings. The van der Waals surface area contributed by atoms with Gasteiger partial charge in [0.1, 0.15) is 11.2 Å². The lowest BCUT2D eigenvalue weighted by Gasteiger charge is -2.34. The van der Waals surface area contributed by atoms with Crippen molar-refractivity contribution in [3.05, 3.63) is 29.1 Å². The van der Waals surface area contributed by atoms with E-state index in [9.17, 15) is 27.9 Å². The number of aliphatic carboxylic acids is 1. The predicted octanol–water partition coefficient (Wildman–Crippen LogP) is 2.93. The molecule has 1 aromatic heterocycles. The Morgan fingerprint density at radius 2 is 1.83 bits per heavy atom. The molecule has 0 bridgehead atoms. The maximum Gasteiger partial charge on any atom is 0.433 e. The summed E-state index contributed by atoms with van der Waals surface area (Å²) in [6.07, 6.45) is -1.73. The molecule has 8 heteroatoms. The molecule has 1 amide bonds. The zero-order valence-corrected chi connectivity index (χ0v) is 12.5. The minimum Gasteiger partial charge on any atom is -0.480 e. The molecule has 0 aliphatic heterocycles. The molecular formula is C15H17F3N2O3. The fraction of sp³-hybridized carbons (Fsp3) is 0.533. The maximum atomic E-state index is 12.6. The van der Waals surface area contributed by atoms with Gasteiger partial charge in [-0.2, -0.15) is 13.2 Å². The second kappa shape index (κ2) is 6.17. The van der Waals surface area contributed by atoms with Gasteiger partial charge in [0, 0.05) is 0 Å². The van der Waals surface area contributed by atoms with E-state index in [1.54, 1.807) is 0 Å². The number of carboxylic acids is 1. The Hall–Kier alpha value is -2.12. The van der Waals surface area contributed by atoms with Crippen molar-refractivity contribution in [3.63, 3.8) is 0 Å². The Bertz CT molecular complexity index is 623. The van der Waals surface area contributed by atoms with Gasteiger partial charge in [-0.15, -0.1) is 0 Å². The molecule has 0 atom stereocenters. The van der Waals surface area contributed by atoms with E-state index >= 15 is 0 Å². The number of pyridine rings is 1. The number of carbonyl (C=O) groups is 2. The summed E-state index contributed by atoms with van der Waals surface area (Å²) in [6, 6.07) is 1.75. The standard InChI is InChI=1S/C15H17F3N2O3/c1-9-10(5-6-11(19-9)15(16,17)18)12(21)20-14(13(22)23)7-3-2-4-8-14/h5-6H,2-4,7-8H2,1H3,(H,20,21)(H,22,23). The average molecular weight is 330 g/mol. The Balaban J connectivity index is 2.25. The average Bonchev–Trinajstić information content (AvgIpc) is 2.46. The molecule has 1 aliphatic rings. The molecule has 0 radical (unpaired) electrons. The molecule has 23 heavy (non-hydrogen) atoms. The Morgan fingerprint density at radius 1 is 1.22 bits per heavy atom. The van der Waals surface area contributed by atoms with Gasteiger partial charge in [0.25, 0.3) is 5.91 Å². The second-order valence-corrected chi connectivity index (χ2v) is 5.73. The smallest absolute Gasteiger partial charge is 0.433 e. The van der Waals surface area contributed by atoms with Gasteiger partial charge in [-0.05, 0) is 31.9 Å². The van der Waals surface area contributed by atoms with Crippen LogP contribution in [0.1, 0.15) is 53.8 Å².